The van der Waals surface area contributed by atoms with Gasteiger partial charge in [-0.15, -0.1) is 0 Å². The molecule has 0 aliphatic carbocycles. The quantitative estimate of drug-likeness (QED) is 0.463. The van der Waals surface area contributed by atoms with E-state index in [4.69, 9.17) is 9.37 Å². The Morgan fingerprint density at radius 1 is 0.931 bits per heavy atom. The molecule has 0 spiro atoms. The van der Waals surface area contributed by atoms with Gasteiger partial charge in [0.05, 0.1) is 6.54 Å². The summed E-state index contributed by atoms with van der Waals surface area (Å²) in [4.78, 5) is 13.8. The number of carbonyl (C=O) groups is 1. The van der Waals surface area contributed by atoms with Gasteiger partial charge < -0.3 is 4.74 Å². The van der Waals surface area contributed by atoms with Gasteiger partial charge in [-0.25, -0.2) is 13.8 Å². The Morgan fingerprint density at radius 3 is 2.41 bits per heavy atom. The topological polar surface area (TPSA) is 68.5 Å². The van der Waals surface area contributed by atoms with Gasteiger partial charge in [0, 0.05) is 5.69 Å². The largest absolute Gasteiger partial charge is 0.444 e. The molecular formula is C22H18FN3O3. The van der Waals surface area contributed by atoms with Crippen LogP contribution in [0.4, 0.5) is 14.9 Å². The molecule has 4 rings (SSSR count). The first-order valence-corrected chi connectivity index (χ1v) is 9.11. The highest BCUT2D eigenvalue weighted by Crippen LogP contribution is 2.26. The van der Waals surface area contributed by atoms with E-state index in [0.717, 1.165) is 16.7 Å². The van der Waals surface area contributed by atoms with Crippen molar-refractivity contribution in [3.05, 3.63) is 78.4 Å². The number of halogens is 1. The number of amides is 1. The molecule has 29 heavy (non-hydrogen) atoms. The third kappa shape index (κ3) is 4.24. The summed E-state index contributed by atoms with van der Waals surface area (Å²) in [7, 11) is 0. The van der Waals surface area contributed by atoms with Gasteiger partial charge in [-0.1, -0.05) is 48.5 Å². The molecule has 0 N–H and O–H groups in total. The summed E-state index contributed by atoms with van der Waals surface area (Å²) in [5.41, 5.74) is 4.64. The van der Waals surface area contributed by atoms with Crippen LogP contribution in [0.15, 0.2) is 77.4 Å². The number of nitrogens with zero attached hydrogens (tertiary/aromatic N) is 3. The van der Waals surface area contributed by atoms with Gasteiger partial charge in [0.1, 0.15) is 24.3 Å². The first-order chi connectivity index (χ1) is 14.2. The Morgan fingerprint density at radius 2 is 1.66 bits per heavy atom. The molecule has 4 aromatic rings. The van der Waals surface area contributed by atoms with Crippen LogP contribution in [0.3, 0.4) is 0 Å². The van der Waals surface area contributed by atoms with Crippen molar-refractivity contribution in [2.45, 2.75) is 6.61 Å². The number of anilines is 1. The summed E-state index contributed by atoms with van der Waals surface area (Å²) >= 11 is 0. The summed E-state index contributed by atoms with van der Waals surface area (Å²) in [5.74, 6) is 0. The molecule has 1 heterocycles. The van der Waals surface area contributed by atoms with E-state index in [2.05, 4.69) is 10.3 Å². The molecule has 3 aromatic carbocycles. The van der Waals surface area contributed by atoms with Crippen molar-refractivity contribution in [2.24, 2.45) is 0 Å². The molecule has 0 aliphatic rings. The lowest BCUT2D eigenvalue weighted by molar-refractivity contribution is 0.146. The highest BCUT2D eigenvalue weighted by molar-refractivity contribution is 5.88. The van der Waals surface area contributed by atoms with Gasteiger partial charge in [-0.05, 0) is 51.3 Å². The summed E-state index contributed by atoms with van der Waals surface area (Å²) < 4.78 is 23.1. The summed E-state index contributed by atoms with van der Waals surface area (Å²) in [6, 6.07) is 22.2. The number of carbonyl (C=O) groups excluding carboxylic acids is 1. The van der Waals surface area contributed by atoms with E-state index < -0.39 is 12.8 Å². The minimum atomic E-state index is -0.669. The van der Waals surface area contributed by atoms with Crippen molar-refractivity contribution in [1.82, 2.24) is 10.3 Å². The minimum Gasteiger partial charge on any atom is -0.444 e. The van der Waals surface area contributed by atoms with Gasteiger partial charge in [0.25, 0.3) is 0 Å². The molecule has 6 nitrogen and oxygen atoms in total. The predicted octanol–water partition coefficient (Wildman–Crippen LogP) is 5.00. The zero-order valence-corrected chi connectivity index (χ0v) is 15.5. The summed E-state index contributed by atoms with van der Waals surface area (Å²) in [6.07, 6.45) is -0.589. The average Bonchev–Trinajstić information content (AvgIpc) is 3.25. The lowest BCUT2D eigenvalue weighted by atomic mass is 10.0. The zero-order chi connectivity index (χ0) is 20.1. The molecule has 146 valence electrons. The van der Waals surface area contributed by atoms with Crippen molar-refractivity contribution >= 4 is 22.8 Å². The number of hydrogen-bond donors (Lipinski definition) is 0. The maximum Gasteiger partial charge on any atom is 0.414 e. The third-order valence-electron chi connectivity index (χ3n) is 4.50. The lowest BCUT2D eigenvalue weighted by Gasteiger charge is -2.21. The normalized spacial score (nSPS) is 10.8. The first-order valence-electron chi connectivity index (χ1n) is 9.11. The number of rotatable bonds is 6. The number of fused-ring (bicyclic) bond motifs is 1. The maximum absolute atomic E-state index is 13.0. The number of alkyl halides is 1. The van der Waals surface area contributed by atoms with Gasteiger partial charge in [-0.3, -0.25) is 4.90 Å². The van der Waals surface area contributed by atoms with Crippen LogP contribution in [0.1, 0.15) is 5.56 Å². The Kier molecular flexibility index (Phi) is 5.47. The van der Waals surface area contributed by atoms with Crippen LogP contribution in [-0.4, -0.2) is 29.6 Å². The minimum absolute atomic E-state index is 0.0798. The van der Waals surface area contributed by atoms with Gasteiger partial charge in [0.15, 0.2) is 0 Å². The van der Waals surface area contributed by atoms with E-state index in [1.807, 2.05) is 60.7 Å². The highest BCUT2D eigenvalue weighted by atomic mass is 19.1. The SMILES string of the molecule is O=C(OCc1ccccc1)N(CCF)c1ccc(-c2ccc3nonc3c2)cc1. The molecule has 0 radical (unpaired) electrons. The van der Waals surface area contributed by atoms with Crippen LogP contribution in [0, 0.1) is 0 Å². The lowest BCUT2D eigenvalue weighted by Crippen LogP contribution is -2.33. The standard InChI is InChI=1S/C22H18FN3O3/c23-12-13-26(22(27)28-15-16-4-2-1-3-5-16)19-9-6-17(7-10-19)18-8-11-20-21(14-18)25-29-24-20/h1-11,14H,12-13,15H2. The van der Waals surface area contributed by atoms with Crippen molar-refractivity contribution in [3.63, 3.8) is 0 Å². The molecule has 0 unspecified atom stereocenters. The van der Waals surface area contributed by atoms with E-state index in [0.29, 0.717) is 16.7 Å². The number of benzene rings is 3. The Hall–Kier alpha value is -3.74. The van der Waals surface area contributed by atoms with E-state index in [1.165, 1.54) is 4.90 Å². The molecule has 0 saturated carbocycles. The van der Waals surface area contributed by atoms with Crippen molar-refractivity contribution in [2.75, 3.05) is 18.1 Å². The number of aromatic nitrogens is 2. The fourth-order valence-corrected chi connectivity index (χ4v) is 3.00. The highest BCUT2D eigenvalue weighted by Gasteiger charge is 2.17. The second-order valence-corrected chi connectivity index (χ2v) is 6.40. The van der Waals surface area contributed by atoms with E-state index >= 15 is 0 Å². The van der Waals surface area contributed by atoms with E-state index in [9.17, 15) is 9.18 Å². The Labute approximate surface area is 166 Å². The van der Waals surface area contributed by atoms with Crippen LogP contribution in [-0.2, 0) is 11.3 Å². The van der Waals surface area contributed by atoms with Crippen molar-refractivity contribution in [3.8, 4) is 11.1 Å². The molecule has 7 heteroatoms. The Balaban J connectivity index is 1.50. The third-order valence-corrected chi connectivity index (χ3v) is 4.50. The van der Waals surface area contributed by atoms with Crippen LogP contribution in [0.2, 0.25) is 0 Å². The van der Waals surface area contributed by atoms with Crippen molar-refractivity contribution in [1.29, 1.82) is 0 Å². The van der Waals surface area contributed by atoms with Crippen LogP contribution in [0.25, 0.3) is 22.2 Å². The molecular weight excluding hydrogens is 373 g/mol. The first kappa shape index (κ1) is 18.6. The monoisotopic (exact) mass is 391 g/mol. The summed E-state index contributed by atoms with van der Waals surface area (Å²) in [5, 5.41) is 7.64. The van der Waals surface area contributed by atoms with Gasteiger partial charge in [-0.2, -0.15) is 0 Å². The van der Waals surface area contributed by atoms with E-state index in [1.54, 1.807) is 12.1 Å². The molecule has 0 fully saturated rings. The zero-order valence-electron chi connectivity index (χ0n) is 15.5. The molecule has 0 aliphatic heterocycles. The van der Waals surface area contributed by atoms with Crippen molar-refractivity contribution < 1.29 is 18.6 Å². The fourth-order valence-electron chi connectivity index (χ4n) is 3.00. The second kappa shape index (κ2) is 8.52. The average molecular weight is 391 g/mol. The smallest absolute Gasteiger partial charge is 0.414 e. The molecule has 1 aromatic heterocycles. The number of hydrogen-bond acceptors (Lipinski definition) is 5. The van der Waals surface area contributed by atoms with Gasteiger partial charge in [0.2, 0.25) is 0 Å². The van der Waals surface area contributed by atoms with Gasteiger partial charge >= 0.3 is 6.09 Å². The fraction of sp³-hybridized carbons (Fsp3) is 0.136. The summed E-state index contributed by atoms with van der Waals surface area (Å²) in [6.45, 7) is -0.617. The molecule has 0 saturated heterocycles. The van der Waals surface area contributed by atoms with E-state index in [-0.39, 0.29) is 13.2 Å². The Bertz CT molecular complexity index is 1100. The van der Waals surface area contributed by atoms with Crippen LogP contribution in [0.5, 0.6) is 0 Å². The maximum atomic E-state index is 13.0. The molecule has 0 atom stereocenters. The second-order valence-electron chi connectivity index (χ2n) is 6.40. The van der Waals surface area contributed by atoms with Crippen LogP contribution < -0.4 is 4.90 Å². The van der Waals surface area contributed by atoms with Crippen LogP contribution >= 0.6 is 0 Å². The number of ether oxygens (including phenoxy) is 1. The predicted molar refractivity (Wildman–Crippen MR) is 107 cm³/mol. The molecule has 1 amide bonds. The molecule has 0 bridgehead atoms.